The van der Waals surface area contributed by atoms with Gasteiger partial charge in [-0.2, -0.15) is 0 Å². The Morgan fingerprint density at radius 1 is 0.882 bits per heavy atom. The van der Waals surface area contributed by atoms with Gasteiger partial charge in [0.15, 0.2) is 0 Å². The maximum Gasteiger partial charge on any atom is 0.328 e. The Labute approximate surface area is 98.4 Å². The van der Waals surface area contributed by atoms with Crippen molar-refractivity contribution in [3.05, 3.63) is 0 Å². The van der Waals surface area contributed by atoms with E-state index >= 15 is 0 Å². The summed E-state index contributed by atoms with van der Waals surface area (Å²) in [6.45, 7) is 0. The second kappa shape index (κ2) is 10.7. The first-order valence-electron chi connectivity index (χ1n) is 5.22. The molecule has 17 heavy (non-hydrogen) atoms. The monoisotopic (exact) mass is 245 g/mol. The minimum absolute atomic E-state index is 0.0639. The van der Waals surface area contributed by atoms with Gasteiger partial charge in [0.25, 0.3) is 0 Å². The summed E-state index contributed by atoms with van der Waals surface area (Å²) < 4.78 is 0. The first kappa shape index (κ1) is 15.2. The van der Waals surface area contributed by atoms with Crippen LogP contribution >= 0.6 is 0 Å². The fourth-order valence-corrected chi connectivity index (χ4v) is 0.875. The molecular weight excluding hydrogens is 230 g/mol. The zero-order valence-corrected chi connectivity index (χ0v) is 9.35. The van der Waals surface area contributed by atoms with E-state index < -0.39 is 11.9 Å². The molecule has 0 atom stereocenters. The van der Waals surface area contributed by atoms with Crippen LogP contribution in [0.25, 0.3) is 0 Å². The van der Waals surface area contributed by atoms with E-state index in [4.69, 9.17) is 0 Å². The molecule has 0 aliphatic heterocycles. The number of unbranched alkanes of at least 4 members (excludes halogenated alkanes) is 2. The predicted molar refractivity (Wildman–Crippen MR) is 55.1 cm³/mol. The number of hydrogen-bond acceptors (Lipinski definition) is 7. The Kier molecular flexibility index (Phi) is 9.64. The number of nitrogens with one attached hydrogen (secondary N) is 1. The van der Waals surface area contributed by atoms with Crippen LogP contribution in [0, 0.1) is 0 Å². The van der Waals surface area contributed by atoms with Crippen LogP contribution in [0.3, 0.4) is 0 Å². The number of hydrogen-bond donors (Lipinski definition) is 1. The van der Waals surface area contributed by atoms with Crippen molar-refractivity contribution >= 4 is 24.5 Å². The summed E-state index contributed by atoms with van der Waals surface area (Å²) in [5.41, 5.74) is 1.76. The summed E-state index contributed by atoms with van der Waals surface area (Å²) >= 11 is 0. The van der Waals surface area contributed by atoms with E-state index in [1.165, 1.54) is 0 Å². The van der Waals surface area contributed by atoms with Crippen molar-refractivity contribution in [1.82, 2.24) is 5.64 Å². The van der Waals surface area contributed by atoms with Gasteiger partial charge < -0.3 is 19.3 Å². The minimum atomic E-state index is -0.618. The number of rotatable bonds is 10. The van der Waals surface area contributed by atoms with Gasteiger partial charge in [0, 0.05) is 31.3 Å². The smallest absolute Gasteiger partial charge is 0.328 e. The van der Waals surface area contributed by atoms with E-state index in [2.05, 4.69) is 9.68 Å². The highest BCUT2D eigenvalue weighted by molar-refractivity contribution is 5.70. The molecule has 0 bridgehead atoms. The summed E-state index contributed by atoms with van der Waals surface area (Å²) in [6, 6.07) is 0. The van der Waals surface area contributed by atoms with Crippen molar-refractivity contribution < 1.29 is 28.9 Å². The minimum Gasteiger partial charge on any atom is -0.336 e. The molecule has 0 aliphatic carbocycles. The van der Waals surface area contributed by atoms with Crippen molar-refractivity contribution in [2.24, 2.45) is 0 Å². The zero-order chi connectivity index (χ0) is 12.9. The second-order valence-corrected chi connectivity index (χ2v) is 3.15. The highest BCUT2D eigenvalue weighted by Gasteiger charge is 2.06. The SMILES string of the molecule is O=CCCCC(=O)ONOC(=O)CCCC=O. The molecule has 96 valence electrons. The van der Waals surface area contributed by atoms with Crippen LogP contribution in [-0.2, 0) is 28.9 Å². The lowest BCUT2D eigenvalue weighted by Gasteiger charge is -2.04. The molecule has 0 unspecified atom stereocenters. The third-order valence-corrected chi connectivity index (χ3v) is 1.72. The van der Waals surface area contributed by atoms with E-state index in [1.54, 1.807) is 5.64 Å². The largest absolute Gasteiger partial charge is 0.336 e. The number of aldehydes is 2. The van der Waals surface area contributed by atoms with Gasteiger partial charge in [-0.15, -0.1) is 0 Å². The van der Waals surface area contributed by atoms with Crippen molar-refractivity contribution in [3.63, 3.8) is 0 Å². The Morgan fingerprint density at radius 2 is 1.29 bits per heavy atom. The molecule has 0 aromatic rings. The molecule has 7 heteroatoms. The first-order valence-corrected chi connectivity index (χ1v) is 5.22. The van der Waals surface area contributed by atoms with Crippen LogP contribution in [0.2, 0.25) is 0 Å². The Morgan fingerprint density at radius 3 is 1.65 bits per heavy atom. The standard InChI is InChI=1S/C10H15NO6/c12-7-3-1-5-9(14)16-11-17-10(15)6-2-4-8-13/h7-8,11H,1-6H2. The molecular formula is C10H15NO6. The lowest BCUT2D eigenvalue weighted by atomic mass is 10.2. The van der Waals surface area contributed by atoms with Gasteiger partial charge in [0.05, 0.1) is 0 Å². The van der Waals surface area contributed by atoms with Gasteiger partial charge in [-0.1, -0.05) is 0 Å². The van der Waals surface area contributed by atoms with E-state index in [9.17, 15) is 19.2 Å². The topological polar surface area (TPSA) is 98.8 Å². The molecule has 1 N–H and O–H groups in total. The molecule has 0 aromatic heterocycles. The maximum absolute atomic E-state index is 10.9. The molecule has 0 saturated carbocycles. The first-order chi connectivity index (χ1) is 8.20. The second-order valence-electron chi connectivity index (χ2n) is 3.15. The van der Waals surface area contributed by atoms with Crippen molar-refractivity contribution in [3.8, 4) is 0 Å². The fraction of sp³-hybridized carbons (Fsp3) is 0.600. The molecule has 0 aliphatic rings. The maximum atomic E-state index is 10.9. The average molecular weight is 245 g/mol. The molecule has 7 nitrogen and oxygen atoms in total. The lowest BCUT2D eigenvalue weighted by molar-refractivity contribution is -0.198. The van der Waals surface area contributed by atoms with Gasteiger partial charge >= 0.3 is 11.9 Å². The summed E-state index contributed by atoms with van der Waals surface area (Å²) in [4.78, 5) is 50.4. The molecule has 0 saturated heterocycles. The fourth-order valence-electron chi connectivity index (χ4n) is 0.875. The van der Waals surface area contributed by atoms with Crippen molar-refractivity contribution in [1.29, 1.82) is 0 Å². The highest BCUT2D eigenvalue weighted by Crippen LogP contribution is 1.96. The molecule has 0 aromatic carbocycles. The van der Waals surface area contributed by atoms with Crippen LogP contribution in [0.4, 0.5) is 0 Å². The summed E-state index contributed by atoms with van der Waals surface area (Å²) in [5.74, 6) is -1.24. The van der Waals surface area contributed by atoms with E-state index in [-0.39, 0.29) is 25.7 Å². The van der Waals surface area contributed by atoms with Crippen molar-refractivity contribution in [2.75, 3.05) is 0 Å². The van der Waals surface area contributed by atoms with Crippen LogP contribution in [0.15, 0.2) is 0 Å². The van der Waals surface area contributed by atoms with Gasteiger partial charge in [-0.05, 0) is 12.8 Å². The third-order valence-electron chi connectivity index (χ3n) is 1.72. The van der Waals surface area contributed by atoms with Crippen LogP contribution in [0.1, 0.15) is 38.5 Å². The van der Waals surface area contributed by atoms with E-state index in [0.717, 1.165) is 0 Å². The van der Waals surface area contributed by atoms with Crippen molar-refractivity contribution in [2.45, 2.75) is 38.5 Å². The molecule has 0 rings (SSSR count). The Balaban J connectivity index is 3.41. The number of carbonyl (C=O) groups is 4. The van der Waals surface area contributed by atoms with Gasteiger partial charge in [-0.25, -0.2) is 0 Å². The molecule has 0 fully saturated rings. The molecule has 0 heterocycles. The average Bonchev–Trinajstić information content (AvgIpc) is 2.30. The molecule has 0 spiro atoms. The van der Waals surface area contributed by atoms with Gasteiger partial charge in [0.2, 0.25) is 0 Å². The predicted octanol–water partition coefficient (Wildman–Crippen LogP) is 0.231. The third kappa shape index (κ3) is 10.5. The molecule has 0 radical (unpaired) electrons. The molecule has 0 amide bonds. The van der Waals surface area contributed by atoms with Crippen LogP contribution < -0.4 is 5.64 Å². The number of carbonyl (C=O) groups excluding carboxylic acids is 4. The van der Waals surface area contributed by atoms with Gasteiger partial charge in [0.1, 0.15) is 12.6 Å². The zero-order valence-electron chi connectivity index (χ0n) is 9.35. The quantitative estimate of drug-likeness (QED) is 0.334. The van der Waals surface area contributed by atoms with Crippen LogP contribution in [0.5, 0.6) is 0 Å². The normalized spacial score (nSPS) is 9.41. The summed E-state index contributed by atoms with van der Waals surface area (Å²) in [7, 11) is 0. The van der Waals surface area contributed by atoms with Crippen LogP contribution in [-0.4, -0.2) is 24.5 Å². The Hall–Kier alpha value is -1.76. The van der Waals surface area contributed by atoms with E-state index in [0.29, 0.717) is 25.4 Å². The van der Waals surface area contributed by atoms with Gasteiger partial charge in [-0.3, -0.25) is 9.59 Å². The summed E-state index contributed by atoms with van der Waals surface area (Å²) in [6.07, 6.45) is 2.86. The Bertz CT molecular complexity index is 240. The van der Waals surface area contributed by atoms with E-state index in [1.807, 2.05) is 0 Å². The summed E-state index contributed by atoms with van der Waals surface area (Å²) in [5, 5.41) is 0. The lowest BCUT2D eigenvalue weighted by Crippen LogP contribution is -2.23. The highest BCUT2D eigenvalue weighted by atomic mass is 16.9.